The van der Waals surface area contributed by atoms with Gasteiger partial charge in [-0.2, -0.15) is 0 Å². The number of rotatable bonds is 5. The third kappa shape index (κ3) is 2.67. The summed E-state index contributed by atoms with van der Waals surface area (Å²) in [6.45, 7) is 2.75. The average molecular weight is 232 g/mol. The molecule has 1 unspecified atom stereocenters. The van der Waals surface area contributed by atoms with Crippen LogP contribution in [0.3, 0.4) is 0 Å². The van der Waals surface area contributed by atoms with Crippen LogP contribution in [0.4, 0.5) is 0 Å². The molecule has 0 saturated heterocycles. The fourth-order valence-corrected chi connectivity index (χ4v) is 2.34. The topological polar surface area (TPSA) is 55.1 Å². The predicted octanol–water partition coefficient (Wildman–Crippen LogP) is 1.57. The van der Waals surface area contributed by atoms with Gasteiger partial charge in [0.25, 0.3) is 0 Å². The van der Waals surface area contributed by atoms with E-state index in [1.165, 1.54) is 11.1 Å². The highest BCUT2D eigenvalue weighted by Gasteiger charge is 2.26. The molecule has 3 N–H and O–H groups in total. The van der Waals surface area contributed by atoms with Gasteiger partial charge < -0.3 is 11.1 Å². The Morgan fingerprint density at radius 2 is 2.29 bits per heavy atom. The zero-order valence-electron chi connectivity index (χ0n) is 10.3. The molecule has 1 aliphatic carbocycles. The van der Waals surface area contributed by atoms with Gasteiger partial charge >= 0.3 is 0 Å². The molecule has 17 heavy (non-hydrogen) atoms. The second-order valence-electron chi connectivity index (χ2n) is 4.74. The molecule has 0 saturated carbocycles. The highest BCUT2D eigenvalue weighted by atomic mass is 16.2. The molecule has 0 radical (unpaired) electrons. The van der Waals surface area contributed by atoms with Crippen LogP contribution in [0.25, 0.3) is 0 Å². The van der Waals surface area contributed by atoms with Gasteiger partial charge in [0.1, 0.15) is 0 Å². The van der Waals surface area contributed by atoms with E-state index in [9.17, 15) is 4.79 Å². The third-order valence-electron chi connectivity index (χ3n) is 3.42. The van der Waals surface area contributed by atoms with Crippen LogP contribution in [0.1, 0.15) is 36.8 Å². The second-order valence-corrected chi connectivity index (χ2v) is 4.74. The molecule has 0 aliphatic heterocycles. The maximum Gasteiger partial charge on any atom is 0.236 e. The van der Waals surface area contributed by atoms with Gasteiger partial charge in [-0.25, -0.2) is 0 Å². The van der Waals surface area contributed by atoms with Crippen molar-refractivity contribution >= 4 is 5.91 Å². The number of hydrogen-bond donors (Lipinski definition) is 2. The zero-order valence-corrected chi connectivity index (χ0v) is 10.3. The first kappa shape index (κ1) is 12.1. The minimum absolute atomic E-state index is 0.0174. The molecule has 0 heterocycles. The van der Waals surface area contributed by atoms with Crippen LogP contribution < -0.4 is 11.1 Å². The maximum atomic E-state index is 11.7. The second kappa shape index (κ2) is 5.32. The Morgan fingerprint density at radius 3 is 3.00 bits per heavy atom. The predicted molar refractivity (Wildman–Crippen MR) is 68.8 cm³/mol. The molecule has 3 heteroatoms. The Balaban J connectivity index is 1.80. The first-order valence-electron chi connectivity index (χ1n) is 6.33. The Hall–Kier alpha value is -1.35. The summed E-state index contributed by atoms with van der Waals surface area (Å²) < 4.78 is 0. The van der Waals surface area contributed by atoms with E-state index >= 15 is 0 Å². The van der Waals surface area contributed by atoms with Gasteiger partial charge in [-0.05, 0) is 24.0 Å². The Bertz CT molecular complexity index is 403. The lowest BCUT2D eigenvalue weighted by Gasteiger charge is -2.30. The summed E-state index contributed by atoms with van der Waals surface area (Å²) in [5.41, 5.74) is 8.54. The Labute approximate surface area is 102 Å². The van der Waals surface area contributed by atoms with Crippen molar-refractivity contribution in [3.8, 4) is 0 Å². The smallest absolute Gasteiger partial charge is 0.236 e. The van der Waals surface area contributed by atoms with Crippen molar-refractivity contribution < 1.29 is 4.79 Å². The van der Waals surface area contributed by atoms with E-state index in [1.54, 1.807) is 0 Å². The van der Waals surface area contributed by atoms with Gasteiger partial charge in [-0.15, -0.1) is 0 Å². The highest BCUT2D eigenvalue weighted by molar-refractivity contribution is 5.81. The summed E-state index contributed by atoms with van der Waals surface area (Å²) in [6, 6.07) is 8.05. The van der Waals surface area contributed by atoms with Gasteiger partial charge in [-0.3, -0.25) is 4.79 Å². The van der Waals surface area contributed by atoms with Crippen molar-refractivity contribution in [1.82, 2.24) is 5.32 Å². The summed E-state index contributed by atoms with van der Waals surface area (Å²) in [6.07, 6.45) is 2.77. The first-order chi connectivity index (χ1) is 8.22. The van der Waals surface area contributed by atoms with Crippen LogP contribution >= 0.6 is 0 Å². The van der Waals surface area contributed by atoms with E-state index in [2.05, 4.69) is 29.6 Å². The third-order valence-corrected chi connectivity index (χ3v) is 3.42. The molecule has 0 spiro atoms. The summed E-state index contributed by atoms with van der Waals surface area (Å²) in [4.78, 5) is 11.7. The number of hydrogen-bond acceptors (Lipinski definition) is 2. The molecule has 2 atom stereocenters. The van der Waals surface area contributed by atoms with Gasteiger partial charge in [0, 0.05) is 12.5 Å². The lowest BCUT2D eigenvalue weighted by Crippen LogP contribution is -2.43. The molecule has 1 aliphatic rings. The molecule has 3 nitrogen and oxygen atoms in total. The minimum atomic E-state index is -0.352. The van der Waals surface area contributed by atoms with Crippen molar-refractivity contribution in [1.29, 1.82) is 0 Å². The molecule has 2 rings (SSSR count). The van der Waals surface area contributed by atoms with E-state index in [-0.39, 0.29) is 11.9 Å². The number of amides is 1. The van der Waals surface area contributed by atoms with Crippen LogP contribution in [0.15, 0.2) is 24.3 Å². The van der Waals surface area contributed by atoms with Gasteiger partial charge in [-0.1, -0.05) is 37.6 Å². The monoisotopic (exact) mass is 232 g/mol. The summed E-state index contributed by atoms with van der Waals surface area (Å²) >= 11 is 0. The molecule has 1 aromatic carbocycles. The minimum Gasteiger partial charge on any atom is -0.354 e. The summed E-state index contributed by atoms with van der Waals surface area (Å²) in [5, 5.41) is 2.95. The molecule has 1 aromatic rings. The van der Waals surface area contributed by atoms with E-state index in [0.717, 1.165) is 19.3 Å². The van der Waals surface area contributed by atoms with Crippen LogP contribution in [-0.4, -0.2) is 18.5 Å². The average Bonchev–Trinajstić information content (AvgIpc) is 2.30. The molecule has 1 amide bonds. The lowest BCUT2D eigenvalue weighted by atomic mass is 9.77. The molecule has 0 fully saturated rings. The molecule has 0 bridgehead atoms. The van der Waals surface area contributed by atoms with Gasteiger partial charge in [0.15, 0.2) is 0 Å². The van der Waals surface area contributed by atoms with Crippen molar-refractivity contribution in [2.24, 2.45) is 5.73 Å². The normalized spacial score (nSPS) is 19.1. The van der Waals surface area contributed by atoms with Gasteiger partial charge in [0.2, 0.25) is 5.91 Å². The maximum absolute atomic E-state index is 11.7. The van der Waals surface area contributed by atoms with Gasteiger partial charge in [0.05, 0.1) is 6.04 Å². The van der Waals surface area contributed by atoms with Crippen LogP contribution in [0.5, 0.6) is 0 Å². The number of nitrogens with two attached hydrogens (primary N) is 1. The Kier molecular flexibility index (Phi) is 3.79. The standard InChI is InChI=1S/C14H20N2O/c1-2-5-13(15)14(17)16-9-11-8-10-6-3-4-7-12(10)11/h3-4,6-7,11,13H,2,5,8-9,15H2,1H3,(H,16,17)/t11?,13-/m1/s1. The van der Waals surface area contributed by atoms with Crippen LogP contribution in [0.2, 0.25) is 0 Å². The molecular formula is C14H20N2O. The fourth-order valence-electron chi connectivity index (χ4n) is 2.34. The first-order valence-corrected chi connectivity index (χ1v) is 6.33. The van der Waals surface area contributed by atoms with E-state index in [0.29, 0.717) is 12.5 Å². The van der Waals surface area contributed by atoms with E-state index in [4.69, 9.17) is 5.73 Å². The van der Waals surface area contributed by atoms with E-state index < -0.39 is 0 Å². The fraction of sp³-hybridized carbons (Fsp3) is 0.500. The summed E-state index contributed by atoms with van der Waals surface area (Å²) in [5.74, 6) is 0.459. The molecule has 92 valence electrons. The Morgan fingerprint density at radius 1 is 1.53 bits per heavy atom. The lowest BCUT2D eigenvalue weighted by molar-refractivity contribution is -0.122. The number of carbonyl (C=O) groups excluding carboxylic acids is 1. The van der Waals surface area contributed by atoms with E-state index in [1.807, 2.05) is 6.92 Å². The molecule has 0 aromatic heterocycles. The van der Waals surface area contributed by atoms with Crippen molar-refractivity contribution in [2.75, 3.05) is 6.54 Å². The van der Waals surface area contributed by atoms with Crippen LogP contribution in [-0.2, 0) is 11.2 Å². The quantitative estimate of drug-likeness (QED) is 0.809. The van der Waals surface area contributed by atoms with Crippen molar-refractivity contribution in [3.63, 3.8) is 0 Å². The molecular weight excluding hydrogens is 212 g/mol. The number of fused-ring (bicyclic) bond motifs is 1. The largest absolute Gasteiger partial charge is 0.354 e. The highest BCUT2D eigenvalue weighted by Crippen LogP contribution is 2.33. The number of carbonyl (C=O) groups is 1. The van der Waals surface area contributed by atoms with Crippen molar-refractivity contribution in [2.45, 2.75) is 38.1 Å². The van der Waals surface area contributed by atoms with Crippen molar-refractivity contribution in [3.05, 3.63) is 35.4 Å². The summed E-state index contributed by atoms with van der Waals surface area (Å²) in [7, 11) is 0. The number of nitrogens with one attached hydrogen (secondary N) is 1. The van der Waals surface area contributed by atoms with Crippen LogP contribution in [0, 0.1) is 0 Å². The zero-order chi connectivity index (χ0) is 12.3. The number of benzene rings is 1. The SMILES string of the molecule is CCC[C@@H](N)C(=O)NCC1Cc2ccccc21.